The second kappa shape index (κ2) is 6.28. The highest BCUT2D eigenvalue weighted by molar-refractivity contribution is 7.14. The maximum atomic E-state index is 12.5. The van der Waals surface area contributed by atoms with Crippen molar-refractivity contribution in [2.75, 3.05) is 17.3 Å². The van der Waals surface area contributed by atoms with E-state index >= 15 is 0 Å². The molecule has 0 fully saturated rings. The number of likely N-dealkylation sites (N-methyl/N-ethyl adjacent to an activating group) is 1. The highest BCUT2D eigenvalue weighted by Crippen LogP contribution is 2.42. The van der Waals surface area contributed by atoms with E-state index in [1.807, 2.05) is 51.4 Å². The lowest BCUT2D eigenvalue weighted by Crippen LogP contribution is -2.33. The Morgan fingerprint density at radius 3 is 2.70 bits per heavy atom. The van der Waals surface area contributed by atoms with Crippen molar-refractivity contribution in [3.63, 3.8) is 0 Å². The molecule has 0 aliphatic carbocycles. The molecular formula is C19H18ClN5OS. The molecule has 1 amide bonds. The summed E-state index contributed by atoms with van der Waals surface area (Å²) < 4.78 is 0. The zero-order chi connectivity index (χ0) is 19.3. The fraction of sp³-hybridized carbons (Fsp3) is 0.263. The molecule has 138 valence electrons. The second-order valence-electron chi connectivity index (χ2n) is 7.05. The van der Waals surface area contributed by atoms with Gasteiger partial charge in [-0.15, -0.1) is 11.3 Å². The Labute approximate surface area is 166 Å². The summed E-state index contributed by atoms with van der Waals surface area (Å²) in [6, 6.07) is 7.85. The van der Waals surface area contributed by atoms with Crippen LogP contribution in [0.15, 0.2) is 29.6 Å². The molecule has 1 aromatic carbocycles. The Morgan fingerprint density at radius 1 is 1.19 bits per heavy atom. The van der Waals surface area contributed by atoms with Crippen LogP contribution in [-0.2, 0) is 10.2 Å². The number of halogens is 1. The number of benzene rings is 1. The van der Waals surface area contributed by atoms with Crippen LogP contribution in [0.3, 0.4) is 0 Å². The summed E-state index contributed by atoms with van der Waals surface area (Å²) in [4.78, 5) is 27.1. The first-order valence-electron chi connectivity index (χ1n) is 8.42. The van der Waals surface area contributed by atoms with Crippen molar-refractivity contribution in [1.29, 1.82) is 0 Å². The number of aryl methyl sites for hydroxylation is 1. The van der Waals surface area contributed by atoms with Crippen LogP contribution in [0.2, 0.25) is 5.28 Å². The van der Waals surface area contributed by atoms with E-state index in [2.05, 4.69) is 26.3 Å². The van der Waals surface area contributed by atoms with E-state index in [0.717, 1.165) is 28.2 Å². The molecule has 0 unspecified atom stereocenters. The molecule has 3 aromatic rings. The van der Waals surface area contributed by atoms with Gasteiger partial charge in [-0.2, -0.15) is 0 Å². The lowest BCUT2D eigenvalue weighted by atomic mass is 9.85. The number of nitrogens with one attached hydrogen (secondary N) is 1. The first-order valence-corrected chi connectivity index (χ1v) is 9.68. The highest BCUT2D eigenvalue weighted by atomic mass is 35.5. The molecule has 1 aliphatic rings. The quantitative estimate of drug-likeness (QED) is 0.653. The number of fused-ring (bicyclic) bond motifs is 1. The van der Waals surface area contributed by atoms with Gasteiger partial charge in [-0.1, -0.05) is 6.07 Å². The number of anilines is 3. The topological polar surface area (TPSA) is 71.0 Å². The van der Waals surface area contributed by atoms with E-state index in [4.69, 9.17) is 11.6 Å². The minimum Gasteiger partial charge on any atom is -0.316 e. The van der Waals surface area contributed by atoms with Gasteiger partial charge in [-0.3, -0.25) is 4.79 Å². The number of aromatic nitrogens is 3. The van der Waals surface area contributed by atoms with Gasteiger partial charge in [0.05, 0.1) is 11.1 Å². The predicted molar refractivity (Wildman–Crippen MR) is 109 cm³/mol. The fourth-order valence-electron chi connectivity index (χ4n) is 3.30. The van der Waals surface area contributed by atoms with Crippen molar-refractivity contribution < 1.29 is 4.79 Å². The highest BCUT2D eigenvalue weighted by Gasteiger charge is 2.42. The number of thiazole rings is 1. The van der Waals surface area contributed by atoms with Gasteiger partial charge in [0.25, 0.3) is 0 Å². The Bertz CT molecular complexity index is 1040. The van der Waals surface area contributed by atoms with Crippen molar-refractivity contribution in [3.8, 4) is 11.3 Å². The number of hydrogen-bond donors (Lipinski definition) is 1. The van der Waals surface area contributed by atoms with Gasteiger partial charge >= 0.3 is 0 Å². The average molecular weight is 400 g/mol. The molecule has 0 saturated heterocycles. The van der Waals surface area contributed by atoms with E-state index in [1.54, 1.807) is 4.90 Å². The van der Waals surface area contributed by atoms with Gasteiger partial charge in [0.2, 0.25) is 11.2 Å². The van der Waals surface area contributed by atoms with Gasteiger partial charge in [0.1, 0.15) is 5.82 Å². The number of rotatable bonds is 3. The Kier molecular flexibility index (Phi) is 4.16. The van der Waals surface area contributed by atoms with Crippen molar-refractivity contribution in [2.45, 2.75) is 26.2 Å². The lowest BCUT2D eigenvalue weighted by Gasteiger charge is -2.16. The number of nitrogens with zero attached hydrogens (tertiary/aromatic N) is 4. The molecule has 6 nitrogen and oxygen atoms in total. The van der Waals surface area contributed by atoms with E-state index in [9.17, 15) is 4.79 Å². The molecule has 4 rings (SSSR count). The summed E-state index contributed by atoms with van der Waals surface area (Å²) in [7, 11) is 1.81. The summed E-state index contributed by atoms with van der Waals surface area (Å²) in [6.07, 6.45) is 0. The minimum absolute atomic E-state index is 0.103. The summed E-state index contributed by atoms with van der Waals surface area (Å²) in [5.74, 6) is 0.710. The second-order valence-corrected chi connectivity index (χ2v) is 8.24. The van der Waals surface area contributed by atoms with Gasteiger partial charge in [0, 0.05) is 35.4 Å². The van der Waals surface area contributed by atoms with Crippen LogP contribution in [0.25, 0.3) is 11.3 Å². The molecule has 2 aromatic heterocycles. The van der Waals surface area contributed by atoms with Gasteiger partial charge in [-0.05, 0) is 50.1 Å². The minimum atomic E-state index is -0.535. The smallest absolute Gasteiger partial charge is 0.236 e. The van der Waals surface area contributed by atoms with Crippen LogP contribution in [0.4, 0.5) is 16.6 Å². The van der Waals surface area contributed by atoms with E-state index in [0.29, 0.717) is 10.9 Å². The SMILES string of the molecule is Cc1cc(Nc2nc(-c3ccc4c(c3)C(C)(C)C(=O)N4C)cs2)nc(Cl)n1. The first-order chi connectivity index (χ1) is 12.8. The third kappa shape index (κ3) is 3.07. The first kappa shape index (κ1) is 17.9. The van der Waals surface area contributed by atoms with Crippen LogP contribution in [0, 0.1) is 6.92 Å². The zero-order valence-electron chi connectivity index (χ0n) is 15.4. The molecule has 0 atom stereocenters. The van der Waals surface area contributed by atoms with E-state index in [-0.39, 0.29) is 11.2 Å². The molecule has 0 bridgehead atoms. The summed E-state index contributed by atoms with van der Waals surface area (Å²) in [6.45, 7) is 5.77. The van der Waals surface area contributed by atoms with Crippen molar-refractivity contribution in [3.05, 3.63) is 46.2 Å². The third-order valence-corrected chi connectivity index (χ3v) is 5.66. The van der Waals surface area contributed by atoms with Crippen LogP contribution in [0.1, 0.15) is 25.1 Å². The van der Waals surface area contributed by atoms with Crippen molar-refractivity contribution >= 4 is 45.5 Å². The summed E-state index contributed by atoms with van der Waals surface area (Å²) in [5, 5.41) is 6.06. The molecule has 8 heteroatoms. The third-order valence-electron chi connectivity index (χ3n) is 4.73. The number of amides is 1. The maximum absolute atomic E-state index is 12.5. The Balaban J connectivity index is 1.65. The molecule has 1 aliphatic heterocycles. The molecule has 0 saturated carbocycles. The number of hydrogen-bond acceptors (Lipinski definition) is 6. The standard InChI is InChI=1S/C19H18ClN5OS/c1-10-7-15(23-17(20)21-10)24-18-22-13(9-27-18)11-5-6-14-12(8-11)19(2,3)16(26)25(14)4/h5-9H,1-4H3,(H,21,22,23,24). The maximum Gasteiger partial charge on any atom is 0.236 e. The monoisotopic (exact) mass is 399 g/mol. The lowest BCUT2D eigenvalue weighted by molar-refractivity contribution is -0.121. The fourth-order valence-corrected chi connectivity index (χ4v) is 4.25. The predicted octanol–water partition coefficient (Wildman–Crippen LogP) is 4.56. The van der Waals surface area contributed by atoms with Gasteiger partial charge in [0.15, 0.2) is 5.13 Å². The zero-order valence-corrected chi connectivity index (χ0v) is 16.9. The normalized spacial score (nSPS) is 15.1. The molecular weight excluding hydrogens is 382 g/mol. The van der Waals surface area contributed by atoms with Gasteiger partial charge < -0.3 is 10.2 Å². The molecule has 0 spiro atoms. The van der Waals surface area contributed by atoms with Crippen LogP contribution < -0.4 is 10.2 Å². The molecule has 27 heavy (non-hydrogen) atoms. The van der Waals surface area contributed by atoms with E-state index < -0.39 is 5.41 Å². The van der Waals surface area contributed by atoms with Crippen LogP contribution in [-0.4, -0.2) is 27.9 Å². The largest absolute Gasteiger partial charge is 0.316 e. The van der Waals surface area contributed by atoms with Crippen molar-refractivity contribution in [2.24, 2.45) is 0 Å². The summed E-state index contributed by atoms with van der Waals surface area (Å²) in [5.41, 5.74) is 4.04. The van der Waals surface area contributed by atoms with E-state index in [1.165, 1.54) is 11.3 Å². The van der Waals surface area contributed by atoms with Crippen molar-refractivity contribution in [1.82, 2.24) is 15.0 Å². The van der Waals surface area contributed by atoms with Crippen LogP contribution in [0.5, 0.6) is 0 Å². The number of carbonyl (C=O) groups is 1. The molecule has 3 heterocycles. The summed E-state index contributed by atoms with van der Waals surface area (Å²) >= 11 is 7.39. The molecule has 1 N–H and O–H groups in total. The molecule has 0 radical (unpaired) electrons. The van der Waals surface area contributed by atoms with Gasteiger partial charge in [-0.25, -0.2) is 15.0 Å². The Morgan fingerprint density at radius 2 is 1.96 bits per heavy atom. The number of carbonyl (C=O) groups excluding carboxylic acids is 1. The Hall–Kier alpha value is -2.51. The van der Waals surface area contributed by atoms with Crippen LogP contribution >= 0.6 is 22.9 Å². The average Bonchev–Trinajstić information content (AvgIpc) is 3.12.